The van der Waals surface area contributed by atoms with Crippen molar-refractivity contribution in [1.29, 1.82) is 0 Å². The standard InChI is InChI=1S/C35H38N4O7S/c1-25-33(23-37-18-20-38(21-19-37)30-14-16-31(17-15-30)39(41)42)45-35(46-34(25)27-12-10-26(24-40)11-13-27)28-6-5-7-29(22-28)36-47(43,44)32-8-3-2-4-9-32/h2-17,22,25,33-36,40H,18-21,23-24H2,1H3/t25-,33+,34+,35+/m1/s1. The average Bonchev–Trinajstić information content (AvgIpc) is 3.10. The van der Waals surface area contributed by atoms with E-state index in [1.54, 1.807) is 60.7 Å². The molecule has 2 heterocycles. The van der Waals surface area contributed by atoms with Gasteiger partial charge in [-0.25, -0.2) is 8.42 Å². The second-order valence-corrected chi connectivity index (χ2v) is 13.6. The summed E-state index contributed by atoms with van der Waals surface area (Å²) < 4.78 is 42.0. The van der Waals surface area contributed by atoms with Crippen LogP contribution >= 0.6 is 0 Å². The molecule has 4 aromatic rings. The van der Waals surface area contributed by atoms with Crippen LogP contribution in [-0.4, -0.2) is 62.2 Å². The van der Waals surface area contributed by atoms with Crippen LogP contribution in [0.1, 0.15) is 36.0 Å². The van der Waals surface area contributed by atoms with Crippen LogP contribution in [0.25, 0.3) is 0 Å². The maximum atomic E-state index is 13.0. The lowest BCUT2D eigenvalue weighted by atomic mass is 9.90. The van der Waals surface area contributed by atoms with Crippen molar-refractivity contribution >= 4 is 27.1 Å². The number of aliphatic hydroxyl groups is 1. The number of hydrogen-bond donors (Lipinski definition) is 2. The third kappa shape index (κ3) is 7.64. The Hall–Kier alpha value is -4.33. The molecule has 0 bridgehead atoms. The normalized spacial score (nSPS) is 22.1. The molecule has 4 atom stereocenters. The summed E-state index contributed by atoms with van der Waals surface area (Å²) in [7, 11) is -3.78. The molecule has 0 unspecified atom stereocenters. The number of benzene rings is 4. The molecule has 0 aromatic heterocycles. The van der Waals surface area contributed by atoms with Gasteiger partial charge >= 0.3 is 0 Å². The zero-order valence-corrected chi connectivity index (χ0v) is 26.8. The van der Waals surface area contributed by atoms with Crippen molar-refractivity contribution in [2.45, 2.75) is 36.9 Å². The summed E-state index contributed by atoms with van der Waals surface area (Å²) in [4.78, 5) is 15.4. The maximum Gasteiger partial charge on any atom is 0.269 e. The second-order valence-electron chi connectivity index (χ2n) is 11.9. The van der Waals surface area contributed by atoms with Crippen molar-refractivity contribution in [3.05, 3.63) is 130 Å². The summed E-state index contributed by atoms with van der Waals surface area (Å²) in [5, 5.41) is 20.6. The molecular weight excluding hydrogens is 620 g/mol. The zero-order valence-electron chi connectivity index (χ0n) is 26.0. The number of hydrogen-bond acceptors (Lipinski definition) is 9. The number of nitrogens with zero attached hydrogens (tertiary/aromatic N) is 3. The summed E-state index contributed by atoms with van der Waals surface area (Å²) in [6.45, 7) is 5.86. The van der Waals surface area contributed by atoms with E-state index in [0.717, 1.165) is 43.0 Å². The first-order valence-corrected chi connectivity index (χ1v) is 17.1. The zero-order chi connectivity index (χ0) is 33.0. The lowest BCUT2D eigenvalue weighted by molar-refractivity contribution is -0.384. The third-order valence-corrected chi connectivity index (χ3v) is 10.2. The van der Waals surface area contributed by atoms with Crippen LogP contribution in [0.3, 0.4) is 0 Å². The Labute approximate surface area is 274 Å². The smallest absolute Gasteiger partial charge is 0.269 e. The lowest BCUT2D eigenvalue weighted by Crippen LogP contribution is -2.51. The molecule has 47 heavy (non-hydrogen) atoms. The number of aliphatic hydroxyl groups excluding tert-OH is 1. The number of sulfonamides is 1. The number of nitro groups is 1. The van der Waals surface area contributed by atoms with E-state index in [2.05, 4.69) is 21.4 Å². The predicted molar refractivity (Wildman–Crippen MR) is 178 cm³/mol. The van der Waals surface area contributed by atoms with Gasteiger partial charge in [-0.1, -0.05) is 61.5 Å². The first kappa shape index (κ1) is 32.6. The van der Waals surface area contributed by atoms with E-state index in [1.165, 1.54) is 12.1 Å². The highest BCUT2D eigenvalue weighted by molar-refractivity contribution is 7.92. The Balaban J connectivity index is 1.19. The van der Waals surface area contributed by atoms with Crippen LogP contribution in [0.15, 0.2) is 108 Å². The fourth-order valence-corrected chi connectivity index (χ4v) is 7.19. The highest BCUT2D eigenvalue weighted by Crippen LogP contribution is 2.42. The van der Waals surface area contributed by atoms with Crippen LogP contribution in [-0.2, 0) is 26.1 Å². The van der Waals surface area contributed by atoms with Crippen molar-refractivity contribution in [2.24, 2.45) is 5.92 Å². The van der Waals surface area contributed by atoms with Gasteiger partial charge in [0.05, 0.1) is 28.6 Å². The Morgan fingerprint density at radius 1 is 0.872 bits per heavy atom. The minimum Gasteiger partial charge on any atom is -0.392 e. The Morgan fingerprint density at radius 3 is 2.23 bits per heavy atom. The highest BCUT2D eigenvalue weighted by atomic mass is 32.2. The quantitative estimate of drug-likeness (QED) is 0.167. The van der Waals surface area contributed by atoms with E-state index in [9.17, 15) is 23.6 Å². The van der Waals surface area contributed by atoms with Gasteiger partial charge < -0.3 is 19.5 Å². The molecule has 0 saturated carbocycles. The Morgan fingerprint density at radius 2 is 1.57 bits per heavy atom. The van der Waals surface area contributed by atoms with E-state index in [1.807, 2.05) is 30.3 Å². The molecule has 12 heteroatoms. The largest absolute Gasteiger partial charge is 0.392 e. The number of ether oxygens (including phenoxy) is 2. The fraction of sp³-hybridized carbons (Fsp3) is 0.314. The van der Waals surface area contributed by atoms with Crippen molar-refractivity contribution in [2.75, 3.05) is 42.3 Å². The molecule has 2 N–H and O–H groups in total. The van der Waals surface area contributed by atoms with E-state index >= 15 is 0 Å². The summed E-state index contributed by atoms with van der Waals surface area (Å²) in [5.74, 6) is -0.0151. The predicted octanol–water partition coefficient (Wildman–Crippen LogP) is 5.50. The molecule has 4 aromatic carbocycles. The molecule has 0 amide bonds. The van der Waals surface area contributed by atoms with Gasteiger partial charge in [0.1, 0.15) is 0 Å². The molecule has 6 rings (SSSR count). The first-order valence-electron chi connectivity index (χ1n) is 15.6. The van der Waals surface area contributed by atoms with Crippen molar-refractivity contribution in [1.82, 2.24) is 4.90 Å². The number of rotatable bonds is 10. The van der Waals surface area contributed by atoms with Crippen LogP contribution in [0.5, 0.6) is 0 Å². The van der Waals surface area contributed by atoms with Gasteiger partial charge in [0.2, 0.25) is 0 Å². The van der Waals surface area contributed by atoms with E-state index in [4.69, 9.17) is 9.47 Å². The summed E-state index contributed by atoms with van der Waals surface area (Å²) >= 11 is 0. The molecule has 0 spiro atoms. The van der Waals surface area contributed by atoms with E-state index < -0.39 is 21.2 Å². The van der Waals surface area contributed by atoms with Crippen molar-refractivity contribution in [3.8, 4) is 0 Å². The fourth-order valence-electron chi connectivity index (χ4n) is 6.12. The van der Waals surface area contributed by atoms with Gasteiger partial charge in [0.15, 0.2) is 6.29 Å². The molecule has 246 valence electrons. The van der Waals surface area contributed by atoms with Crippen LogP contribution in [0.4, 0.5) is 17.1 Å². The molecule has 2 fully saturated rings. The molecule has 2 saturated heterocycles. The summed E-state index contributed by atoms with van der Waals surface area (Å²) in [5.41, 5.74) is 3.91. The van der Waals surface area contributed by atoms with Gasteiger partial charge in [0.25, 0.3) is 15.7 Å². The molecular formula is C35H38N4O7S. The molecule has 0 aliphatic carbocycles. The van der Waals surface area contributed by atoms with Gasteiger partial charge in [-0.15, -0.1) is 0 Å². The topological polar surface area (TPSA) is 134 Å². The third-order valence-electron chi connectivity index (χ3n) is 8.82. The van der Waals surface area contributed by atoms with Crippen LogP contribution < -0.4 is 9.62 Å². The van der Waals surface area contributed by atoms with Crippen LogP contribution in [0.2, 0.25) is 0 Å². The van der Waals surface area contributed by atoms with Gasteiger partial charge in [-0.3, -0.25) is 19.7 Å². The second kappa shape index (κ2) is 14.2. The monoisotopic (exact) mass is 658 g/mol. The Bertz CT molecular complexity index is 1760. The minimum absolute atomic E-state index is 0.0151. The number of nitrogens with one attached hydrogen (secondary N) is 1. The average molecular weight is 659 g/mol. The van der Waals surface area contributed by atoms with E-state index in [-0.39, 0.29) is 35.3 Å². The SMILES string of the molecule is C[C@@H]1[C@H](CN2CCN(c3ccc([N+](=O)[O-])cc3)CC2)O[C@H](c2cccc(NS(=O)(=O)c3ccccc3)c2)O[C@@H]1c1ccc(CO)cc1. The molecule has 2 aliphatic rings. The number of non-ortho nitro benzene ring substituents is 1. The first-order chi connectivity index (χ1) is 22.7. The molecule has 11 nitrogen and oxygen atoms in total. The van der Waals surface area contributed by atoms with Crippen molar-refractivity contribution in [3.63, 3.8) is 0 Å². The van der Waals surface area contributed by atoms with Gasteiger partial charge in [0, 0.05) is 67.7 Å². The number of anilines is 2. The van der Waals surface area contributed by atoms with Gasteiger partial charge in [-0.05, 0) is 47.5 Å². The van der Waals surface area contributed by atoms with Gasteiger partial charge in [-0.2, -0.15) is 0 Å². The number of nitro benzene ring substituents is 1. The molecule has 0 radical (unpaired) electrons. The van der Waals surface area contributed by atoms with Crippen molar-refractivity contribution < 1.29 is 27.9 Å². The van der Waals surface area contributed by atoms with Crippen LogP contribution in [0, 0.1) is 16.0 Å². The molecule has 2 aliphatic heterocycles. The maximum absolute atomic E-state index is 13.0. The summed E-state index contributed by atoms with van der Waals surface area (Å²) in [6.07, 6.45) is -1.26. The summed E-state index contributed by atoms with van der Waals surface area (Å²) in [6, 6.07) is 29.7. The Kier molecular flexibility index (Phi) is 9.85. The van der Waals surface area contributed by atoms with E-state index in [0.29, 0.717) is 17.8 Å². The minimum atomic E-state index is -3.78. The highest BCUT2D eigenvalue weighted by Gasteiger charge is 2.39. The lowest BCUT2D eigenvalue weighted by Gasteiger charge is -2.44. The number of piperazine rings is 1.